The maximum atomic E-state index is 10.4. The zero-order valence-corrected chi connectivity index (χ0v) is 8.47. The second kappa shape index (κ2) is 6.36. The molecule has 4 N–H and O–H groups in total. The standard InChI is InChI=1S/C10H16N2O3/c13-7-5-12(6-8-14)10-3-1-9(11-15)2-4-10/h1-4,13-14H,5-8,11H2. The lowest BCUT2D eigenvalue weighted by Gasteiger charge is -2.22. The van der Waals surface area contributed by atoms with Crippen LogP contribution in [-0.2, 0) is 0 Å². The van der Waals surface area contributed by atoms with Crippen molar-refractivity contribution in [2.75, 3.05) is 31.2 Å². The summed E-state index contributed by atoms with van der Waals surface area (Å²) in [7, 11) is 0. The Kier molecular flexibility index (Phi) is 5.06. The van der Waals surface area contributed by atoms with Crippen molar-refractivity contribution < 1.29 is 15.7 Å². The minimum atomic E-state index is 0.0371. The first-order valence-electron chi connectivity index (χ1n) is 4.83. The lowest BCUT2D eigenvalue weighted by molar-refractivity contribution is -0.497. The number of hydrogen-bond acceptors (Lipinski definition) is 4. The van der Waals surface area contributed by atoms with Crippen LogP contribution in [0.2, 0.25) is 0 Å². The van der Waals surface area contributed by atoms with Gasteiger partial charge in [0.2, 0.25) is 0 Å². The number of quaternary nitrogens is 1. The molecular formula is C10H16N2O3. The average Bonchev–Trinajstić information content (AvgIpc) is 2.29. The molecule has 0 aromatic heterocycles. The smallest absolute Gasteiger partial charge is 0.129 e. The van der Waals surface area contributed by atoms with Crippen LogP contribution in [0.15, 0.2) is 24.3 Å². The third-order valence-corrected chi connectivity index (χ3v) is 2.13. The molecule has 0 amide bonds. The largest absolute Gasteiger partial charge is 0.630 e. The van der Waals surface area contributed by atoms with Crippen molar-refractivity contribution in [3.05, 3.63) is 29.5 Å². The number of aliphatic hydroxyl groups excluding tert-OH is 2. The first kappa shape index (κ1) is 11.9. The molecule has 0 unspecified atom stereocenters. The van der Waals surface area contributed by atoms with Crippen LogP contribution in [0.5, 0.6) is 0 Å². The van der Waals surface area contributed by atoms with Crippen LogP contribution in [0.1, 0.15) is 0 Å². The van der Waals surface area contributed by atoms with Crippen molar-refractivity contribution in [3.8, 4) is 0 Å². The van der Waals surface area contributed by atoms with Crippen molar-refractivity contribution >= 4 is 11.4 Å². The van der Waals surface area contributed by atoms with Gasteiger partial charge in [-0.15, -0.1) is 0 Å². The van der Waals surface area contributed by atoms with Crippen molar-refractivity contribution in [2.24, 2.45) is 0 Å². The Labute approximate surface area is 88.5 Å². The predicted molar refractivity (Wildman–Crippen MR) is 57.8 cm³/mol. The quantitative estimate of drug-likeness (QED) is 0.424. The Morgan fingerprint density at radius 1 is 1.07 bits per heavy atom. The molecule has 0 heterocycles. The molecule has 0 saturated heterocycles. The van der Waals surface area contributed by atoms with Crippen molar-refractivity contribution in [2.45, 2.75) is 0 Å². The normalized spacial score (nSPS) is 10.3. The van der Waals surface area contributed by atoms with Gasteiger partial charge in [0.15, 0.2) is 0 Å². The van der Waals surface area contributed by atoms with E-state index in [2.05, 4.69) is 0 Å². The molecule has 0 aliphatic heterocycles. The summed E-state index contributed by atoms with van der Waals surface area (Å²) >= 11 is 0. The lowest BCUT2D eigenvalue weighted by atomic mass is 10.2. The Morgan fingerprint density at radius 3 is 2.00 bits per heavy atom. The summed E-state index contributed by atoms with van der Waals surface area (Å²) in [6, 6.07) is 7.03. The average molecular weight is 212 g/mol. The van der Waals surface area contributed by atoms with Crippen LogP contribution in [0.4, 0.5) is 11.4 Å². The number of benzene rings is 1. The number of rotatable bonds is 6. The molecule has 5 nitrogen and oxygen atoms in total. The van der Waals surface area contributed by atoms with Gasteiger partial charge < -0.3 is 25.8 Å². The van der Waals surface area contributed by atoms with Gasteiger partial charge in [0.1, 0.15) is 5.69 Å². The van der Waals surface area contributed by atoms with Gasteiger partial charge in [-0.3, -0.25) is 0 Å². The molecule has 1 rings (SSSR count). The van der Waals surface area contributed by atoms with E-state index in [0.717, 1.165) is 11.2 Å². The van der Waals surface area contributed by atoms with E-state index in [9.17, 15) is 5.21 Å². The summed E-state index contributed by atoms with van der Waals surface area (Å²) in [4.78, 5) is 1.86. The highest BCUT2D eigenvalue weighted by Gasteiger charge is 2.04. The third-order valence-electron chi connectivity index (χ3n) is 2.13. The van der Waals surface area contributed by atoms with Crippen molar-refractivity contribution in [3.63, 3.8) is 0 Å². The summed E-state index contributed by atoms with van der Waals surface area (Å²) in [5.74, 6) is 0. The second-order valence-corrected chi connectivity index (χ2v) is 3.14. The fourth-order valence-electron chi connectivity index (χ4n) is 1.38. The summed E-state index contributed by atoms with van der Waals surface area (Å²) in [6.45, 7) is 1.02. The van der Waals surface area contributed by atoms with E-state index in [0.29, 0.717) is 18.8 Å². The van der Waals surface area contributed by atoms with E-state index in [1.165, 1.54) is 0 Å². The van der Waals surface area contributed by atoms with Gasteiger partial charge >= 0.3 is 0 Å². The van der Waals surface area contributed by atoms with Crippen molar-refractivity contribution in [1.29, 1.82) is 0 Å². The number of nitrogens with zero attached hydrogens (tertiary/aromatic N) is 1. The highest BCUT2D eigenvalue weighted by molar-refractivity contribution is 5.50. The highest BCUT2D eigenvalue weighted by Crippen LogP contribution is 2.14. The SMILES string of the molecule is [O-][NH2+]c1ccc(N(CCO)CCO)cc1. The molecule has 0 aliphatic carbocycles. The van der Waals surface area contributed by atoms with Crippen LogP contribution in [0.3, 0.4) is 0 Å². The Bertz CT molecular complexity index is 271. The van der Waals surface area contributed by atoms with Crippen molar-refractivity contribution in [1.82, 2.24) is 0 Å². The van der Waals surface area contributed by atoms with Crippen LogP contribution < -0.4 is 10.4 Å². The van der Waals surface area contributed by atoms with Gasteiger partial charge in [-0.2, -0.15) is 0 Å². The van der Waals surface area contributed by atoms with Crippen LogP contribution >= 0.6 is 0 Å². The molecule has 15 heavy (non-hydrogen) atoms. The maximum Gasteiger partial charge on any atom is 0.129 e. The predicted octanol–water partition coefficient (Wildman–Crippen LogP) is -0.830. The Morgan fingerprint density at radius 2 is 1.60 bits per heavy atom. The van der Waals surface area contributed by atoms with Gasteiger partial charge in [-0.25, -0.2) is 0 Å². The van der Waals surface area contributed by atoms with Gasteiger partial charge in [0, 0.05) is 30.9 Å². The van der Waals surface area contributed by atoms with E-state index in [-0.39, 0.29) is 13.2 Å². The van der Waals surface area contributed by atoms with E-state index in [4.69, 9.17) is 10.2 Å². The highest BCUT2D eigenvalue weighted by atomic mass is 16.5. The molecule has 0 radical (unpaired) electrons. The maximum absolute atomic E-state index is 10.4. The lowest BCUT2D eigenvalue weighted by Crippen LogP contribution is -2.70. The topological polar surface area (TPSA) is 83.4 Å². The fraction of sp³-hybridized carbons (Fsp3) is 0.400. The summed E-state index contributed by atoms with van der Waals surface area (Å²) in [5, 5.41) is 28.1. The number of aliphatic hydroxyl groups is 2. The zero-order chi connectivity index (χ0) is 11.1. The first-order chi connectivity index (χ1) is 7.31. The van der Waals surface area contributed by atoms with Crippen LogP contribution in [-0.4, -0.2) is 36.5 Å². The van der Waals surface area contributed by atoms with Crippen LogP contribution in [0, 0.1) is 5.21 Å². The molecule has 0 fully saturated rings. The minimum absolute atomic E-state index is 0.0371. The Hall–Kier alpha value is -1.14. The Balaban J connectivity index is 2.72. The second-order valence-electron chi connectivity index (χ2n) is 3.14. The van der Waals surface area contributed by atoms with Gasteiger partial charge in [0.25, 0.3) is 0 Å². The molecule has 0 aliphatic rings. The summed E-state index contributed by atoms with van der Waals surface area (Å²) < 4.78 is 0. The first-order valence-corrected chi connectivity index (χ1v) is 4.83. The monoisotopic (exact) mass is 212 g/mol. The van der Waals surface area contributed by atoms with E-state index in [1.54, 1.807) is 24.3 Å². The van der Waals surface area contributed by atoms with E-state index in [1.807, 2.05) is 4.90 Å². The van der Waals surface area contributed by atoms with Gasteiger partial charge in [-0.05, 0) is 12.1 Å². The van der Waals surface area contributed by atoms with E-state index >= 15 is 0 Å². The molecule has 0 bridgehead atoms. The molecule has 0 saturated carbocycles. The molecule has 5 heteroatoms. The van der Waals surface area contributed by atoms with Gasteiger partial charge in [-0.1, -0.05) is 0 Å². The number of hydrogen-bond donors (Lipinski definition) is 3. The molecule has 84 valence electrons. The van der Waals surface area contributed by atoms with Crippen LogP contribution in [0.25, 0.3) is 0 Å². The summed E-state index contributed by atoms with van der Waals surface area (Å²) in [5.41, 5.74) is 2.29. The van der Waals surface area contributed by atoms with Gasteiger partial charge in [0.05, 0.1) is 13.2 Å². The molecular weight excluding hydrogens is 196 g/mol. The minimum Gasteiger partial charge on any atom is -0.630 e. The number of nitrogens with two attached hydrogens (primary N) is 1. The van der Waals surface area contributed by atoms with E-state index < -0.39 is 0 Å². The summed E-state index contributed by atoms with van der Waals surface area (Å²) in [6.07, 6.45) is 0. The molecule has 1 aromatic rings. The fourth-order valence-corrected chi connectivity index (χ4v) is 1.38. The third kappa shape index (κ3) is 3.49. The molecule has 0 spiro atoms. The molecule has 0 atom stereocenters. The zero-order valence-electron chi connectivity index (χ0n) is 8.47. The molecule has 1 aromatic carbocycles. The number of anilines is 1.